The molecular weight excluding hydrogens is 370 g/mol. The molecule has 1 saturated heterocycles. The third-order valence-corrected chi connectivity index (χ3v) is 5.31. The lowest BCUT2D eigenvalue weighted by Gasteiger charge is -2.25. The molecule has 2 aromatic heterocycles. The van der Waals surface area contributed by atoms with Crippen molar-refractivity contribution in [2.45, 2.75) is 26.3 Å². The SMILES string of the molecule is Cc1nn(C)c(C)c1C(O)=C1C(=O)C(=O)N(CCCN(C)C)C1c1ccncc1. The van der Waals surface area contributed by atoms with Gasteiger partial charge in [-0.15, -0.1) is 0 Å². The Morgan fingerprint density at radius 1 is 1.21 bits per heavy atom. The van der Waals surface area contributed by atoms with Crippen LogP contribution in [-0.4, -0.2) is 68.5 Å². The standard InChI is InChI=1S/C21H27N5O3/c1-13-16(14(2)25(5)23-13)19(27)17-18(15-7-9-22-10-8-15)26(21(29)20(17)28)12-6-11-24(3)4/h7-10,18,27H,6,11-12H2,1-5H3. The van der Waals surface area contributed by atoms with Crippen molar-refractivity contribution < 1.29 is 14.7 Å². The molecule has 1 N–H and O–H groups in total. The number of aliphatic hydroxyl groups excluding tert-OH is 1. The second-order valence-corrected chi connectivity index (χ2v) is 7.60. The molecule has 154 valence electrons. The van der Waals surface area contributed by atoms with Crippen LogP contribution < -0.4 is 0 Å². The van der Waals surface area contributed by atoms with E-state index in [-0.39, 0.29) is 11.3 Å². The summed E-state index contributed by atoms with van der Waals surface area (Å²) in [5, 5.41) is 15.5. The first-order chi connectivity index (χ1) is 13.7. The minimum absolute atomic E-state index is 0.102. The van der Waals surface area contributed by atoms with Crippen LogP contribution in [0.4, 0.5) is 0 Å². The fraction of sp³-hybridized carbons (Fsp3) is 0.429. The molecule has 1 unspecified atom stereocenters. The van der Waals surface area contributed by atoms with Crippen LogP contribution in [0.1, 0.15) is 35.0 Å². The number of hydrogen-bond acceptors (Lipinski definition) is 6. The van der Waals surface area contributed by atoms with Gasteiger partial charge in [0.2, 0.25) is 0 Å². The van der Waals surface area contributed by atoms with Gasteiger partial charge < -0.3 is 14.9 Å². The molecule has 0 bridgehead atoms. The molecule has 0 aromatic carbocycles. The summed E-state index contributed by atoms with van der Waals surface area (Å²) in [4.78, 5) is 33.5. The number of hydrogen-bond donors (Lipinski definition) is 1. The van der Waals surface area contributed by atoms with E-state index >= 15 is 0 Å². The molecule has 1 aliphatic heterocycles. The number of rotatable bonds is 6. The van der Waals surface area contributed by atoms with Gasteiger partial charge in [-0.1, -0.05) is 0 Å². The van der Waals surface area contributed by atoms with E-state index in [2.05, 4.69) is 10.1 Å². The lowest BCUT2D eigenvalue weighted by atomic mass is 9.95. The molecule has 0 spiro atoms. The zero-order valence-corrected chi connectivity index (χ0v) is 17.5. The Balaban J connectivity index is 2.13. The molecule has 0 aliphatic carbocycles. The van der Waals surface area contributed by atoms with Crippen LogP contribution in [0, 0.1) is 13.8 Å². The molecule has 2 aromatic rings. The second-order valence-electron chi connectivity index (χ2n) is 7.60. The van der Waals surface area contributed by atoms with E-state index in [9.17, 15) is 14.7 Å². The molecule has 3 rings (SSSR count). The first-order valence-electron chi connectivity index (χ1n) is 9.57. The maximum Gasteiger partial charge on any atom is 0.295 e. The van der Waals surface area contributed by atoms with E-state index in [1.807, 2.05) is 25.9 Å². The van der Waals surface area contributed by atoms with Gasteiger partial charge in [0, 0.05) is 31.7 Å². The van der Waals surface area contributed by atoms with Gasteiger partial charge in [-0.05, 0) is 58.6 Å². The Kier molecular flexibility index (Phi) is 5.83. The fourth-order valence-corrected chi connectivity index (χ4v) is 3.81. The van der Waals surface area contributed by atoms with Crippen molar-refractivity contribution in [3.8, 4) is 0 Å². The summed E-state index contributed by atoms with van der Waals surface area (Å²) in [6, 6.07) is 2.89. The molecule has 8 nitrogen and oxygen atoms in total. The second kappa shape index (κ2) is 8.16. The van der Waals surface area contributed by atoms with Gasteiger partial charge in [-0.25, -0.2) is 0 Å². The Bertz CT molecular complexity index is 962. The first kappa shape index (κ1) is 20.7. The van der Waals surface area contributed by atoms with Gasteiger partial charge in [0.25, 0.3) is 11.7 Å². The van der Waals surface area contributed by atoms with Gasteiger partial charge >= 0.3 is 0 Å². The predicted molar refractivity (Wildman–Crippen MR) is 109 cm³/mol. The number of aromatic nitrogens is 3. The van der Waals surface area contributed by atoms with Crippen LogP contribution in [0.5, 0.6) is 0 Å². The van der Waals surface area contributed by atoms with Gasteiger partial charge in [0.05, 0.1) is 22.9 Å². The average molecular weight is 397 g/mol. The zero-order valence-electron chi connectivity index (χ0n) is 17.5. The number of aryl methyl sites for hydroxylation is 2. The van der Waals surface area contributed by atoms with Crippen molar-refractivity contribution in [3.63, 3.8) is 0 Å². The third-order valence-electron chi connectivity index (χ3n) is 5.31. The quantitative estimate of drug-likeness (QED) is 0.454. The van der Waals surface area contributed by atoms with Crippen molar-refractivity contribution in [2.75, 3.05) is 27.2 Å². The van der Waals surface area contributed by atoms with Crippen LogP contribution in [0.3, 0.4) is 0 Å². The zero-order chi connectivity index (χ0) is 21.3. The van der Waals surface area contributed by atoms with E-state index < -0.39 is 17.7 Å². The van der Waals surface area contributed by atoms with Crippen LogP contribution >= 0.6 is 0 Å². The number of pyridine rings is 1. The third kappa shape index (κ3) is 3.80. The van der Waals surface area contributed by atoms with Crippen molar-refractivity contribution in [1.82, 2.24) is 24.6 Å². The molecule has 1 fully saturated rings. The summed E-state index contributed by atoms with van der Waals surface area (Å²) in [5.41, 5.74) is 2.68. The van der Waals surface area contributed by atoms with Crippen molar-refractivity contribution >= 4 is 17.4 Å². The highest BCUT2D eigenvalue weighted by Gasteiger charge is 2.46. The van der Waals surface area contributed by atoms with Gasteiger partial charge in [-0.2, -0.15) is 5.10 Å². The Morgan fingerprint density at radius 2 is 1.86 bits per heavy atom. The Labute approximate surface area is 170 Å². The molecule has 0 radical (unpaired) electrons. The lowest BCUT2D eigenvalue weighted by molar-refractivity contribution is -0.139. The van der Waals surface area contributed by atoms with Crippen molar-refractivity contribution in [3.05, 3.63) is 52.6 Å². The molecule has 3 heterocycles. The molecule has 29 heavy (non-hydrogen) atoms. The van der Waals surface area contributed by atoms with Crippen LogP contribution in [0.2, 0.25) is 0 Å². The van der Waals surface area contributed by atoms with E-state index in [0.717, 1.165) is 17.8 Å². The number of likely N-dealkylation sites (tertiary alicyclic amines) is 1. The molecular formula is C21H27N5O3. The summed E-state index contributed by atoms with van der Waals surface area (Å²) >= 11 is 0. The number of aliphatic hydroxyl groups is 1. The molecule has 1 atom stereocenters. The summed E-state index contributed by atoms with van der Waals surface area (Å²) < 4.78 is 1.65. The van der Waals surface area contributed by atoms with Gasteiger partial charge in [0.1, 0.15) is 5.76 Å². The summed E-state index contributed by atoms with van der Waals surface area (Å²) in [5.74, 6) is -1.44. The number of ketones is 1. The lowest BCUT2D eigenvalue weighted by Crippen LogP contribution is -2.32. The highest BCUT2D eigenvalue weighted by molar-refractivity contribution is 6.46. The monoisotopic (exact) mass is 397 g/mol. The molecule has 8 heteroatoms. The highest BCUT2D eigenvalue weighted by atomic mass is 16.3. The maximum absolute atomic E-state index is 13.0. The van der Waals surface area contributed by atoms with Crippen molar-refractivity contribution in [2.24, 2.45) is 7.05 Å². The minimum Gasteiger partial charge on any atom is -0.507 e. The van der Waals surface area contributed by atoms with Crippen LogP contribution in [0.15, 0.2) is 30.1 Å². The van der Waals surface area contributed by atoms with Crippen molar-refractivity contribution in [1.29, 1.82) is 0 Å². The highest BCUT2D eigenvalue weighted by Crippen LogP contribution is 2.40. The van der Waals surface area contributed by atoms with E-state index in [1.54, 1.807) is 48.1 Å². The average Bonchev–Trinajstić information content (AvgIpc) is 3.08. The van der Waals surface area contributed by atoms with Gasteiger partial charge in [-0.3, -0.25) is 19.3 Å². The molecule has 0 saturated carbocycles. The normalized spacial score (nSPS) is 18.8. The van der Waals surface area contributed by atoms with E-state index in [1.165, 1.54) is 0 Å². The number of carbonyl (C=O) groups is 2. The summed E-state index contributed by atoms with van der Waals surface area (Å²) in [6.45, 7) is 4.80. The topological polar surface area (TPSA) is 91.6 Å². The molecule has 1 aliphatic rings. The fourth-order valence-electron chi connectivity index (χ4n) is 3.81. The maximum atomic E-state index is 13.0. The Hall–Kier alpha value is -3.00. The smallest absolute Gasteiger partial charge is 0.295 e. The number of nitrogens with zero attached hydrogens (tertiary/aromatic N) is 5. The predicted octanol–water partition coefficient (Wildman–Crippen LogP) is 1.81. The van der Waals surface area contributed by atoms with Crippen LogP contribution in [0.25, 0.3) is 5.76 Å². The van der Waals surface area contributed by atoms with Gasteiger partial charge in [0.15, 0.2) is 0 Å². The van der Waals surface area contributed by atoms with E-state index in [4.69, 9.17) is 0 Å². The number of Topliss-reactive ketones (excluding diaryl/α,β-unsaturated/α-hetero) is 1. The largest absolute Gasteiger partial charge is 0.507 e. The van der Waals surface area contributed by atoms with E-state index in [0.29, 0.717) is 24.2 Å². The Morgan fingerprint density at radius 3 is 2.41 bits per heavy atom. The first-order valence-corrected chi connectivity index (χ1v) is 9.57. The minimum atomic E-state index is -0.670. The summed E-state index contributed by atoms with van der Waals surface area (Å²) in [7, 11) is 5.70. The summed E-state index contributed by atoms with van der Waals surface area (Å²) in [6.07, 6.45) is 3.96. The number of amides is 1. The molecule has 1 amide bonds. The number of carbonyl (C=O) groups excluding carboxylic acids is 2. The van der Waals surface area contributed by atoms with Crippen LogP contribution in [-0.2, 0) is 16.6 Å².